The van der Waals surface area contributed by atoms with Gasteiger partial charge < -0.3 is 24.8 Å². The molecule has 0 atom stereocenters. The molecule has 0 saturated carbocycles. The molecular formula is C23H22N2O5. The highest BCUT2D eigenvalue weighted by molar-refractivity contribution is 5.96. The molecular weight excluding hydrogens is 384 g/mol. The normalized spacial score (nSPS) is 15.9. The Morgan fingerprint density at radius 3 is 2.67 bits per heavy atom. The minimum absolute atomic E-state index is 0.207. The molecule has 0 fully saturated rings. The molecule has 2 aliphatic heterocycles. The number of hydrogen-bond acceptors (Lipinski definition) is 6. The Morgan fingerprint density at radius 2 is 1.90 bits per heavy atom. The zero-order valence-corrected chi connectivity index (χ0v) is 16.6. The molecule has 0 radical (unpaired) electrons. The first-order chi connectivity index (χ1) is 14.7. The van der Waals surface area contributed by atoms with Crippen LogP contribution in [0, 0.1) is 0 Å². The van der Waals surface area contributed by atoms with Crippen molar-refractivity contribution in [1.29, 1.82) is 0 Å². The monoisotopic (exact) mass is 406 g/mol. The SMILES string of the molecule is CCOC(=O)C(/C=C/NC(=O)c1ccccc1)=C1\CCc2cc3c(cc2N1)OCO3. The summed E-state index contributed by atoms with van der Waals surface area (Å²) in [5, 5.41) is 6.01. The van der Waals surface area contributed by atoms with Crippen molar-refractivity contribution in [2.75, 3.05) is 18.7 Å². The van der Waals surface area contributed by atoms with E-state index >= 15 is 0 Å². The van der Waals surface area contributed by atoms with Crippen LogP contribution in [0.15, 0.2) is 66.0 Å². The maximum absolute atomic E-state index is 12.6. The smallest absolute Gasteiger partial charge is 0.339 e. The number of rotatable bonds is 5. The summed E-state index contributed by atoms with van der Waals surface area (Å²) >= 11 is 0. The molecule has 2 aromatic carbocycles. The zero-order chi connectivity index (χ0) is 20.9. The van der Waals surface area contributed by atoms with Gasteiger partial charge in [-0.2, -0.15) is 0 Å². The van der Waals surface area contributed by atoms with Gasteiger partial charge in [-0.1, -0.05) is 18.2 Å². The van der Waals surface area contributed by atoms with Crippen LogP contribution in [-0.4, -0.2) is 25.3 Å². The third-order valence-corrected chi connectivity index (χ3v) is 4.85. The van der Waals surface area contributed by atoms with Gasteiger partial charge in [0.15, 0.2) is 11.5 Å². The first-order valence-corrected chi connectivity index (χ1v) is 9.78. The van der Waals surface area contributed by atoms with Crippen LogP contribution in [0.25, 0.3) is 0 Å². The second-order valence-corrected chi connectivity index (χ2v) is 6.77. The van der Waals surface area contributed by atoms with Gasteiger partial charge in [-0.15, -0.1) is 0 Å². The molecule has 0 aliphatic carbocycles. The van der Waals surface area contributed by atoms with E-state index in [9.17, 15) is 9.59 Å². The number of aryl methyl sites for hydroxylation is 1. The minimum Gasteiger partial charge on any atom is -0.462 e. The first-order valence-electron chi connectivity index (χ1n) is 9.78. The van der Waals surface area contributed by atoms with Gasteiger partial charge in [0.05, 0.1) is 12.2 Å². The Kier molecular flexibility index (Phi) is 5.70. The van der Waals surface area contributed by atoms with Gasteiger partial charge >= 0.3 is 5.97 Å². The average Bonchev–Trinajstić information content (AvgIpc) is 3.22. The molecule has 7 nitrogen and oxygen atoms in total. The Hall–Kier alpha value is -3.74. The highest BCUT2D eigenvalue weighted by Crippen LogP contribution is 2.40. The molecule has 1 amide bonds. The van der Waals surface area contributed by atoms with E-state index in [1.165, 1.54) is 6.20 Å². The number of allylic oxidation sites excluding steroid dienone is 1. The average molecular weight is 406 g/mol. The van der Waals surface area contributed by atoms with E-state index in [0.717, 1.165) is 29.1 Å². The summed E-state index contributed by atoms with van der Waals surface area (Å²) in [5.41, 5.74) is 3.59. The number of benzene rings is 2. The molecule has 2 aliphatic rings. The molecule has 0 spiro atoms. The molecule has 2 heterocycles. The van der Waals surface area contributed by atoms with Crippen LogP contribution in [0.5, 0.6) is 11.5 Å². The molecule has 154 valence electrons. The number of amides is 1. The van der Waals surface area contributed by atoms with Crippen molar-refractivity contribution in [1.82, 2.24) is 5.32 Å². The van der Waals surface area contributed by atoms with Gasteiger partial charge in [0.25, 0.3) is 5.91 Å². The molecule has 7 heteroatoms. The van der Waals surface area contributed by atoms with Crippen molar-refractivity contribution < 1.29 is 23.8 Å². The largest absolute Gasteiger partial charge is 0.462 e. The van der Waals surface area contributed by atoms with E-state index < -0.39 is 5.97 Å². The fraction of sp³-hybridized carbons (Fsp3) is 0.217. The lowest BCUT2D eigenvalue weighted by Gasteiger charge is -2.23. The van der Waals surface area contributed by atoms with Crippen molar-refractivity contribution in [3.63, 3.8) is 0 Å². The second kappa shape index (κ2) is 8.73. The lowest BCUT2D eigenvalue weighted by atomic mass is 9.98. The summed E-state index contributed by atoms with van der Waals surface area (Å²) in [6, 6.07) is 12.7. The number of fused-ring (bicyclic) bond motifs is 2. The maximum Gasteiger partial charge on any atom is 0.339 e. The Bertz CT molecular complexity index is 1030. The van der Waals surface area contributed by atoms with E-state index in [4.69, 9.17) is 14.2 Å². The van der Waals surface area contributed by atoms with Gasteiger partial charge in [-0.05, 0) is 49.6 Å². The molecule has 0 bridgehead atoms. The zero-order valence-electron chi connectivity index (χ0n) is 16.6. The molecule has 4 rings (SSSR count). The Morgan fingerprint density at radius 1 is 1.13 bits per heavy atom. The Balaban J connectivity index is 1.56. The van der Waals surface area contributed by atoms with Crippen LogP contribution < -0.4 is 20.1 Å². The molecule has 0 saturated heterocycles. The number of carbonyl (C=O) groups is 2. The van der Waals surface area contributed by atoms with Crippen LogP contribution in [-0.2, 0) is 16.0 Å². The lowest BCUT2D eigenvalue weighted by molar-refractivity contribution is -0.138. The van der Waals surface area contributed by atoms with Crippen molar-refractivity contribution in [3.8, 4) is 11.5 Å². The molecule has 0 aromatic heterocycles. The van der Waals surface area contributed by atoms with E-state index in [2.05, 4.69) is 10.6 Å². The van der Waals surface area contributed by atoms with Gasteiger partial charge in [-0.25, -0.2) is 4.79 Å². The summed E-state index contributed by atoms with van der Waals surface area (Å²) in [6.45, 7) is 2.22. The van der Waals surface area contributed by atoms with Gasteiger partial charge in [0.2, 0.25) is 6.79 Å². The molecule has 30 heavy (non-hydrogen) atoms. The number of carbonyl (C=O) groups excluding carboxylic acids is 2. The first kappa shape index (κ1) is 19.6. The van der Waals surface area contributed by atoms with E-state index in [-0.39, 0.29) is 19.3 Å². The third kappa shape index (κ3) is 4.15. The molecule has 0 unspecified atom stereocenters. The van der Waals surface area contributed by atoms with E-state index in [1.807, 2.05) is 18.2 Å². The number of nitrogens with one attached hydrogen (secondary N) is 2. The van der Waals surface area contributed by atoms with Crippen LogP contribution in [0.4, 0.5) is 5.69 Å². The van der Waals surface area contributed by atoms with Crippen LogP contribution >= 0.6 is 0 Å². The lowest BCUT2D eigenvalue weighted by Crippen LogP contribution is -2.19. The predicted molar refractivity (Wildman–Crippen MR) is 111 cm³/mol. The van der Waals surface area contributed by atoms with Crippen LogP contribution in [0.3, 0.4) is 0 Å². The van der Waals surface area contributed by atoms with Crippen molar-refractivity contribution in [2.24, 2.45) is 0 Å². The van der Waals surface area contributed by atoms with E-state index in [0.29, 0.717) is 23.3 Å². The quantitative estimate of drug-likeness (QED) is 0.584. The summed E-state index contributed by atoms with van der Waals surface area (Å²) in [5.74, 6) is 0.701. The fourth-order valence-corrected chi connectivity index (χ4v) is 3.37. The summed E-state index contributed by atoms with van der Waals surface area (Å²) in [4.78, 5) is 24.8. The highest BCUT2D eigenvalue weighted by Gasteiger charge is 2.23. The maximum atomic E-state index is 12.6. The number of hydrogen-bond donors (Lipinski definition) is 2. The number of ether oxygens (including phenoxy) is 3. The third-order valence-electron chi connectivity index (χ3n) is 4.85. The highest BCUT2D eigenvalue weighted by atomic mass is 16.7. The van der Waals surface area contributed by atoms with Gasteiger partial charge in [0, 0.05) is 29.2 Å². The predicted octanol–water partition coefficient (Wildman–Crippen LogP) is 3.53. The fourth-order valence-electron chi connectivity index (χ4n) is 3.37. The standard InChI is InChI=1S/C23H22N2O5/c1-2-28-23(27)17(10-11-24-22(26)15-6-4-3-5-7-15)18-9-8-16-12-20-21(30-14-29-20)13-19(16)25-18/h3-7,10-13,25H,2,8-9,14H2,1H3,(H,24,26)/b11-10+,18-17+. The van der Waals surface area contributed by atoms with Crippen molar-refractivity contribution in [3.05, 3.63) is 77.1 Å². The number of anilines is 1. The number of esters is 1. The second-order valence-electron chi connectivity index (χ2n) is 6.77. The summed E-state index contributed by atoms with van der Waals surface area (Å²) < 4.78 is 16.1. The van der Waals surface area contributed by atoms with E-state index in [1.54, 1.807) is 37.3 Å². The summed E-state index contributed by atoms with van der Waals surface area (Å²) in [7, 11) is 0. The van der Waals surface area contributed by atoms with Crippen molar-refractivity contribution >= 4 is 17.6 Å². The summed E-state index contributed by atoms with van der Waals surface area (Å²) in [6.07, 6.45) is 4.39. The minimum atomic E-state index is -0.450. The molecule has 2 aromatic rings. The van der Waals surface area contributed by atoms with Crippen LogP contribution in [0.1, 0.15) is 29.3 Å². The van der Waals surface area contributed by atoms with Crippen molar-refractivity contribution in [2.45, 2.75) is 19.8 Å². The van der Waals surface area contributed by atoms with Gasteiger partial charge in [0.1, 0.15) is 0 Å². The topological polar surface area (TPSA) is 85.9 Å². The molecule has 2 N–H and O–H groups in total. The van der Waals surface area contributed by atoms with Crippen LogP contribution in [0.2, 0.25) is 0 Å². The van der Waals surface area contributed by atoms with Gasteiger partial charge in [-0.3, -0.25) is 4.79 Å². The Labute approximate surface area is 174 Å².